The molecule has 0 bridgehead atoms. The van der Waals surface area contributed by atoms with Crippen LogP contribution in [-0.2, 0) is 0 Å². The molecule has 1 aromatic carbocycles. The Morgan fingerprint density at radius 2 is 1.80 bits per heavy atom. The number of benzene rings is 1. The van der Waals surface area contributed by atoms with Gasteiger partial charge in [-0.25, -0.2) is 0 Å². The van der Waals surface area contributed by atoms with Crippen LogP contribution in [-0.4, -0.2) is 27.3 Å². The highest BCUT2D eigenvalue weighted by Crippen LogP contribution is 2.41. The van der Waals surface area contributed by atoms with E-state index in [1.807, 2.05) is 6.07 Å². The van der Waals surface area contributed by atoms with Crippen LogP contribution in [0.25, 0.3) is 0 Å². The van der Waals surface area contributed by atoms with Gasteiger partial charge in [0.15, 0.2) is 0 Å². The number of methoxy groups -OCH3 is 2. The smallest absolute Gasteiger partial charge is 0.122 e. The maximum absolute atomic E-state index is 5.40. The van der Waals surface area contributed by atoms with Crippen molar-refractivity contribution in [3.63, 3.8) is 0 Å². The molecule has 2 unspecified atom stereocenters. The zero-order chi connectivity index (χ0) is 14.4. The molecule has 2 atom stereocenters. The largest absolute Gasteiger partial charge is 0.497 e. The first-order valence-corrected chi connectivity index (χ1v) is 7.72. The van der Waals surface area contributed by atoms with Crippen LogP contribution < -0.4 is 14.8 Å². The zero-order valence-corrected chi connectivity index (χ0v) is 12.9. The molecule has 1 aliphatic carbocycles. The summed E-state index contributed by atoms with van der Waals surface area (Å²) < 4.78 is 10.8. The lowest BCUT2D eigenvalue weighted by Gasteiger charge is -2.21. The van der Waals surface area contributed by atoms with Crippen molar-refractivity contribution in [1.29, 1.82) is 0 Å². The van der Waals surface area contributed by atoms with E-state index in [-0.39, 0.29) is 0 Å². The summed E-state index contributed by atoms with van der Waals surface area (Å²) in [6.07, 6.45) is 5.11. The Balaban J connectivity index is 2.12. The Morgan fingerprint density at radius 1 is 1.10 bits per heavy atom. The van der Waals surface area contributed by atoms with Crippen molar-refractivity contribution in [3.8, 4) is 11.5 Å². The van der Waals surface area contributed by atoms with Gasteiger partial charge in [0.25, 0.3) is 0 Å². The van der Waals surface area contributed by atoms with Crippen molar-refractivity contribution >= 4 is 0 Å². The third kappa shape index (κ3) is 3.66. The number of nitrogens with one attached hydrogen (secondary N) is 1. The van der Waals surface area contributed by atoms with E-state index < -0.39 is 0 Å². The summed E-state index contributed by atoms with van der Waals surface area (Å²) in [6, 6.07) is 6.29. The van der Waals surface area contributed by atoms with Gasteiger partial charge >= 0.3 is 0 Å². The van der Waals surface area contributed by atoms with Gasteiger partial charge in [-0.05, 0) is 61.9 Å². The summed E-state index contributed by atoms with van der Waals surface area (Å²) in [7, 11) is 3.43. The summed E-state index contributed by atoms with van der Waals surface area (Å²) in [5, 5.41) is 3.57. The monoisotopic (exact) mass is 277 g/mol. The molecule has 1 fully saturated rings. The Kier molecular flexibility index (Phi) is 5.72. The fourth-order valence-electron chi connectivity index (χ4n) is 3.23. The summed E-state index contributed by atoms with van der Waals surface area (Å²) in [5.74, 6) is 3.15. The highest BCUT2D eigenvalue weighted by atomic mass is 16.5. The van der Waals surface area contributed by atoms with Crippen molar-refractivity contribution in [2.45, 2.75) is 38.5 Å². The average molecular weight is 277 g/mol. The minimum absolute atomic E-state index is 0.628. The van der Waals surface area contributed by atoms with E-state index in [4.69, 9.17) is 9.47 Å². The Labute approximate surface area is 122 Å². The molecule has 0 spiro atoms. The lowest BCUT2D eigenvalue weighted by molar-refractivity contribution is 0.389. The van der Waals surface area contributed by atoms with Gasteiger partial charge in [-0.3, -0.25) is 0 Å². The summed E-state index contributed by atoms with van der Waals surface area (Å²) in [6.45, 7) is 4.45. The topological polar surface area (TPSA) is 30.5 Å². The highest BCUT2D eigenvalue weighted by Gasteiger charge is 2.28. The lowest BCUT2D eigenvalue weighted by Crippen LogP contribution is -2.25. The second-order valence-corrected chi connectivity index (χ2v) is 5.65. The predicted molar refractivity (Wildman–Crippen MR) is 82.8 cm³/mol. The maximum Gasteiger partial charge on any atom is 0.122 e. The van der Waals surface area contributed by atoms with Crippen LogP contribution in [0.2, 0.25) is 0 Å². The molecule has 1 aliphatic rings. The third-order valence-corrected chi connectivity index (χ3v) is 4.29. The van der Waals surface area contributed by atoms with Gasteiger partial charge in [-0.1, -0.05) is 13.3 Å². The Bertz CT molecular complexity index is 397. The van der Waals surface area contributed by atoms with Crippen LogP contribution in [0.3, 0.4) is 0 Å². The van der Waals surface area contributed by atoms with E-state index in [1.165, 1.54) is 31.2 Å². The van der Waals surface area contributed by atoms with Crippen LogP contribution in [0.15, 0.2) is 18.2 Å². The number of hydrogen-bond acceptors (Lipinski definition) is 3. The first kappa shape index (κ1) is 15.2. The molecule has 20 heavy (non-hydrogen) atoms. The van der Waals surface area contributed by atoms with Crippen molar-refractivity contribution in [1.82, 2.24) is 5.32 Å². The van der Waals surface area contributed by atoms with E-state index >= 15 is 0 Å². The van der Waals surface area contributed by atoms with Crippen LogP contribution in [0.4, 0.5) is 0 Å². The summed E-state index contributed by atoms with van der Waals surface area (Å²) in [4.78, 5) is 0. The molecule has 3 nitrogen and oxygen atoms in total. The third-order valence-electron chi connectivity index (χ3n) is 4.29. The van der Waals surface area contributed by atoms with Gasteiger partial charge in [0.1, 0.15) is 11.5 Å². The van der Waals surface area contributed by atoms with Gasteiger partial charge in [-0.15, -0.1) is 0 Å². The molecule has 112 valence electrons. The molecule has 2 rings (SSSR count). The van der Waals surface area contributed by atoms with Gasteiger partial charge in [0, 0.05) is 6.07 Å². The van der Waals surface area contributed by atoms with E-state index in [2.05, 4.69) is 24.4 Å². The van der Waals surface area contributed by atoms with Crippen LogP contribution in [0.1, 0.15) is 44.1 Å². The van der Waals surface area contributed by atoms with Gasteiger partial charge < -0.3 is 14.8 Å². The standard InChI is InChI=1S/C17H27NO2/c1-4-8-18-12-13-6-5-7-17(13)14-9-15(19-2)11-16(10-14)20-3/h9-11,13,17-18H,4-8,12H2,1-3H3. The molecule has 0 heterocycles. The minimum atomic E-state index is 0.628. The van der Waals surface area contributed by atoms with Crippen LogP contribution >= 0.6 is 0 Å². The number of rotatable bonds is 7. The van der Waals surface area contributed by atoms with Crippen molar-refractivity contribution in [2.24, 2.45) is 5.92 Å². The fraction of sp³-hybridized carbons (Fsp3) is 0.647. The van der Waals surface area contributed by atoms with Crippen molar-refractivity contribution in [3.05, 3.63) is 23.8 Å². The zero-order valence-electron chi connectivity index (χ0n) is 12.9. The molecule has 1 saturated carbocycles. The van der Waals surface area contributed by atoms with E-state index in [9.17, 15) is 0 Å². The Morgan fingerprint density at radius 3 is 2.40 bits per heavy atom. The van der Waals surface area contributed by atoms with Crippen molar-refractivity contribution in [2.75, 3.05) is 27.3 Å². The second-order valence-electron chi connectivity index (χ2n) is 5.65. The number of hydrogen-bond donors (Lipinski definition) is 1. The fourth-order valence-corrected chi connectivity index (χ4v) is 3.23. The molecule has 0 aromatic heterocycles. The molecule has 0 saturated heterocycles. The van der Waals surface area contributed by atoms with Crippen molar-refractivity contribution < 1.29 is 9.47 Å². The lowest BCUT2D eigenvalue weighted by atomic mass is 9.88. The quantitative estimate of drug-likeness (QED) is 0.773. The second kappa shape index (κ2) is 7.53. The minimum Gasteiger partial charge on any atom is -0.497 e. The molecular formula is C17H27NO2. The van der Waals surface area contributed by atoms with Gasteiger partial charge in [0.2, 0.25) is 0 Å². The van der Waals surface area contributed by atoms with Crippen LogP contribution in [0, 0.1) is 5.92 Å². The molecule has 0 radical (unpaired) electrons. The first-order chi connectivity index (χ1) is 9.78. The van der Waals surface area contributed by atoms with Gasteiger partial charge in [0.05, 0.1) is 14.2 Å². The van der Waals surface area contributed by atoms with Crippen LogP contribution in [0.5, 0.6) is 11.5 Å². The molecule has 0 amide bonds. The molecular weight excluding hydrogens is 250 g/mol. The first-order valence-electron chi connectivity index (χ1n) is 7.72. The summed E-state index contributed by atoms with van der Waals surface area (Å²) >= 11 is 0. The van der Waals surface area contributed by atoms with E-state index in [0.29, 0.717) is 5.92 Å². The van der Waals surface area contributed by atoms with E-state index in [1.54, 1.807) is 14.2 Å². The average Bonchev–Trinajstić information content (AvgIpc) is 2.95. The van der Waals surface area contributed by atoms with E-state index in [0.717, 1.165) is 30.5 Å². The summed E-state index contributed by atoms with van der Waals surface area (Å²) in [5.41, 5.74) is 1.36. The molecule has 3 heteroatoms. The molecule has 1 N–H and O–H groups in total. The van der Waals surface area contributed by atoms with Gasteiger partial charge in [-0.2, -0.15) is 0 Å². The maximum atomic E-state index is 5.40. The molecule has 1 aromatic rings. The Hall–Kier alpha value is -1.22. The normalized spacial score (nSPS) is 21.9. The SMILES string of the molecule is CCCNCC1CCCC1c1cc(OC)cc(OC)c1. The number of ether oxygens (including phenoxy) is 2. The molecule has 0 aliphatic heterocycles. The predicted octanol–water partition coefficient (Wildman–Crippen LogP) is 3.59. The highest BCUT2D eigenvalue weighted by molar-refractivity contribution is 5.40.